The summed E-state index contributed by atoms with van der Waals surface area (Å²) in [6.45, 7) is 0.865. The quantitative estimate of drug-likeness (QED) is 0.718. The number of benzene rings is 1. The third-order valence-corrected chi connectivity index (χ3v) is 4.26. The fourth-order valence-corrected chi connectivity index (χ4v) is 2.96. The third-order valence-electron chi connectivity index (χ3n) is 4.26. The Bertz CT molecular complexity index is 553. The SMILES string of the molecule is O=C(Nc1cccc(CNCC2(O)CCCCCC2)c1)C(F)(F)F. The molecule has 1 amide bonds. The molecular formula is C17H23F3N2O2. The predicted octanol–water partition coefficient (Wildman–Crippen LogP) is 3.36. The van der Waals surface area contributed by atoms with Gasteiger partial charge in [0.1, 0.15) is 0 Å². The maximum Gasteiger partial charge on any atom is 0.471 e. The highest BCUT2D eigenvalue weighted by Gasteiger charge is 2.38. The molecule has 0 heterocycles. The molecule has 1 aliphatic carbocycles. The Labute approximate surface area is 139 Å². The van der Waals surface area contributed by atoms with Crippen LogP contribution in [0.2, 0.25) is 0 Å². The molecule has 4 nitrogen and oxygen atoms in total. The highest BCUT2D eigenvalue weighted by Crippen LogP contribution is 2.26. The number of hydrogen-bond donors (Lipinski definition) is 3. The molecule has 0 unspecified atom stereocenters. The fourth-order valence-electron chi connectivity index (χ4n) is 2.96. The first-order valence-corrected chi connectivity index (χ1v) is 8.19. The van der Waals surface area contributed by atoms with E-state index in [1.54, 1.807) is 12.1 Å². The molecule has 0 bridgehead atoms. The van der Waals surface area contributed by atoms with Crippen LogP contribution >= 0.6 is 0 Å². The van der Waals surface area contributed by atoms with Gasteiger partial charge in [-0.2, -0.15) is 13.2 Å². The Kier molecular flexibility index (Phi) is 6.23. The number of anilines is 1. The van der Waals surface area contributed by atoms with Crippen LogP contribution in [0.5, 0.6) is 0 Å². The van der Waals surface area contributed by atoms with Crippen LogP contribution in [0, 0.1) is 0 Å². The molecule has 1 aromatic rings. The van der Waals surface area contributed by atoms with Crippen molar-refractivity contribution < 1.29 is 23.1 Å². The van der Waals surface area contributed by atoms with Crippen molar-refractivity contribution in [3.8, 4) is 0 Å². The predicted molar refractivity (Wildman–Crippen MR) is 85.5 cm³/mol. The van der Waals surface area contributed by atoms with Crippen LogP contribution in [-0.2, 0) is 11.3 Å². The average molecular weight is 344 g/mol. The highest BCUT2D eigenvalue weighted by molar-refractivity contribution is 5.94. The van der Waals surface area contributed by atoms with E-state index in [-0.39, 0.29) is 5.69 Å². The molecule has 134 valence electrons. The van der Waals surface area contributed by atoms with Gasteiger partial charge in [-0.05, 0) is 30.5 Å². The van der Waals surface area contributed by atoms with E-state index in [2.05, 4.69) is 5.32 Å². The third kappa shape index (κ3) is 5.79. The van der Waals surface area contributed by atoms with Gasteiger partial charge in [-0.25, -0.2) is 0 Å². The van der Waals surface area contributed by atoms with Crippen LogP contribution in [0.15, 0.2) is 24.3 Å². The number of alkyl halides is 3. The van der Waals surface area contributed by atoms with Crippen molar-refractivity contribution >= 4 is 11.6 Å². The zero-order chi connectivity index (χ0) is 17.6. The van der Waals surface area contributed by atoms with Crippen LogP contribution in [0.3, 0.4) is 0 Å². The Balaban J connectivity index is 1.87. The van der Waals surface area contributed by atoms with Crippen molar-refractivity contribution in [2.45, 2.75) is 56.8 Å². The van der Waals surface area contributed by atoms with E-state index in [4.69, 9.17) is 0 Å². The van der Waals surface area contributed by atoms with Crippen LogP contribution < -0.4 is 10.6 Å². The van der Waals surface area contributed by atoms with Gasteiger partial charge < -0.3 is 15.7 Å². The number of carbonyl (C=O) groups excluding carboxylic acids is 1. The number of carbonyl (C=O) groups is 1. The average Bonchev–Trinajstić information content (AvgIpc) is 2.72. The molecule has 0 saturated heterocycles. The molecule has 1 fully saturated rings. The number of hydrogen-bond acceptors (Lipinski definition) is 3. The van der Waals surface area contributed by atoms with Crippen molar-refractivity contribution in [1.82, 2.24) is 5.32 Å². The molecular weight excluding hydrogens is 321 g/mol. The molecule has 1 aliphatic rings. The summed E-state index contributed by atoms with van der Waals surface area (Å²) in [6.07, 6.45) is 0.932. The maximum atomic E-state index is 12.3. The van der Waals surface area contributed by atoms with Gasteiger partial charge in [-0.15, -0.1) is 0 Å². The van der Waals surface area contributed by atoms with Crippen LogP contribution in [0.1, 0.15) is 44.1 Å². The largest absolute Gasteiger partial charge is 0.471 e. The first-order chi connectivity index (χ1) is 11.3. The van der Waals surface area contributed by atoms with E-state index >= 15 is 0 Å². The Hall–Kier alpha value is -1.60. The second-order valence-electron chi connectivity index (χ2n) is 6.39. The van der Waals surface area contributed by atoms with E-state index in [0.29, 0.717) is 13.1 Å². The molecule has 7 heteroatoms. The molecule has 2 rings (SSSR count). The van der Waals surface area contributed by atoms with E-state index in [9.17, 15) is 23.1 Å². The van der Waals surface area contributed by atoms with E-state index in [0.717, 1.165) is 44.1 Å². The number of aliphatic hydroxyl groups is 1. The van der Waals surface area contributed by atoms with E-state index in [1.807, 2.05) is 5.32 Å². The summed E-state index contributed by atoms with van der Waals surface area (Å²) in [5, 5.41) is 15.6. The first kappa shape index (κ1) is 18.7. The standard InChI is InChI=1S/C17H23F3N2O2/c18-17(19,20)15(23)22-14-7-5-6-13(10-14)11-21-12-16(24)8-3-1-2-4-9-16/h5-7,10,21,24H,1-4,8-9,11-12H2,(H,22,23). The second kappa shape index (κ2) is 7.98. The van der Waals surface area contributed by atoms with Gasteiger partial charge in [0, 0.05) is 18.8 Å². The van der Waals surface area contributed by atoms with Gasteiger partial charge in [0.2, 0.25) is 0 Å². The normalized spacial score (nSPS) is 18.0. The Morgan fingerprint density at radius 1 is 1.17 bits per heavy atom. The van der Waals surface area contributed by atoms with Gasteiger partial charge in [0.25, 0.3) is 0 Å². The van der Waals surface area contributed by atoms with Gasteiger partial charge in [0.05, 0.1) is 5.60 Å². The highest BCUT2D eigenvalue weighted by atomic mass is 19.4. The van der Waals surface area contributed by atoms with Crippen molar-refractivity contribution in [1.29, 1.82) is 0 Å². The van der Waals surface area contributed by atoms with Crippen molar-refractivity contribution in [3.63, 3.8) is 0 Å². The molecule has 24 heavy (non-hydrogen) atoms. The number of nitrogens with one attached hydrogen (secondary N) is 2. The summed E-state index contributed by atoms with van der Waals surface area (Å²) >= 11 is 0. The summed E-state index contributed by atoms with van der Waals surface area (Å²) < 4.78 is 36.8. The first-order valence-electron chi connectivity index (χ1n) is 8.19. The molecule has 1 aromatic carbocycles. The van der Waals surface area contributed by atoms with Gasteiger partial charge in [0.15, 0.2) is 0 Å². The Morgan fingerprint density at radius 2 is 1.83 bits per heavy atom. The van der Waals surface area contributed by atoms with Crippen LogP contribution in [-0.4, -0.2) is 29.3 Å². The molecule has 0 aliphatic heterocycles. The topological polar surface area (TPSA) is 61.4 Å². The van der Waals surface area contributed by atoms with Crippen LogP contribution in [0.4, 0.5) is 18.9 Å². The summed E-state index contributed by atoms with van der Waals surface area (Å²) in [5.74, 6) is -1.99. The molecule has 0 radical (unpaired) electrons. The molecule has 1 saturated carbocycles. The number of amides is 1. The summed E-state index contributed by atoms with van der Waals surface area (Å²) in [6, 6.07) is 6.25. The van der Waals surface area contributed by atoms with E-state index in [1.165, 1.54) is 12.1 Å². The second-order valence-corrected chi connectivity index (χ2v) is 6.39. The van der Waals surface area contributed by atoms with Crippen molar-refractivity contribution in [2.24, 2.45) is 0 Å². The minimum absolute atomic E-state index is 0.102. The molecule has 0 aromatic heterocycles. The molecule has 0 spiro atoms. The lowest BCUT2D eigenvalue weighted by Crippen LogP contribution is -2.39. The Morgan fingerprint density at radius 3 is 2.46 bits per heavy atom. The van der Waals surface area contributed by atoms with Crippen LogP contribution in [0.25, 0.3) is 0 Å². The summed E-state index contributed by atoms with van der Waals surface area (Å²) in [4.78, 5) is 11.0. The number of rotatable bonds is 5. The van der Waals surface area contributed by atoms with Crippen molar-refractivity contribution in [3.05, 3.63) is 29.8 Å². The maximum absolute atomic E-state index is 12.3. The van der Waals surface area contributed by atoms with Gasteiger partial charge in [-0.3, -0.25) is 4.79 Å². The minimum atomic E-state index is -4.91. The summed E-state index contributed by atoms with van der Waals surface area (Å²) in [7, 11) is 0. The lowest BCUT2D eigenvalue weighted by molar-refractivity contribution is -0.167. The number of halogens is 3. The lowest BCUT2D eigenvalue weighted by Gasteiger charge is -2.27. The zero-order valence-electron chi connectivity index (χ0n) is 13.5. The van der Waals surface area contributed by atoms with Gasteiger partial charge >= 0.3 is 12.1 Å². The lowest BCUT2D eigenvalue weighted by atomic mass is 9.94. The zero-order valence-corrected chi connectivity index (χ0v) is 13.5. The molecule has 3 N–H and O–H groups in total. The van der Waals surface area contributed by atoms with Crippen molar-refractivity contribution in [2.75, 3.05) is 11.9 Å². The smallest absolute Gasteiger partial charge is 0.389 e. The van der Waals surface area contributed by atoms with Gasteiger partial charge in [-0.1, -0.05) is 37.8 Å². The molecule has 0 atom stereocenters. The minimum Gasteiger partial charge on any atom is -0.389 e. The fraction of sp³-hybridized carbons (Fsp3) is 0.588. The summed E-state index contributed by atoms with van der Waals surface area (Å²) in [5.41, 5.74) is 0.135. The monoisotopic (exact) mass is 344 g/mol. The van der Waals surface area contributed by atoms with E-state index < -0.39 is 17.7 Å².